The number of hydrogen-bond donors (Lipinski definition) is 9. The molecule has 26 heteroatoms. The zero-order valence-corrected chi connectivity index (χ0v) is 49.0. The van der Waals surface area contributed by atoms with E-state index in [0.29, 0.717) is 34.4 Å². The molecule has 25 nitrogen and oxygen atoms in total. The number of ether oxygens (including phenoxy) is 3. The van der Waals surface area contributed by atoms with Gasteiger partial charge in [-0.1, -0.05) is 76.9 Å². The Hall–Kier alpha value is -7.39. The number of amides is 7. The monoisotopic (exact) mass is 1180 g/mol. The molecule has 2 heterocycles. The first-order valence-corrected chi connectivity index (χ1v) is 28.9. The molecule has 3 aromatic rings. The largest absolute Gasteiger partial charge is 0.508 e. The standard InChI is InChI=1S/C57H79N7O18S/c1-10-31(3)47-57(75)82-34(6)48(62-51(69)41(23-16-35-12-19-38(65)20-13-35)58-53(71)45(80-9)30-81-83(76,77)78)54(72)59-40(24-17-36-18-26-44(66)33(5)28-36)50(68)60-42-25-27-46(67)64(55(42)73)49(32(4)11-2)56(74)63(7)43(52(70)61-47)29-37-14-21-39(79-8)22-15-37/h12-15,18-22,26,28,31-32,34,40-43,45-49,65-67H,10-11,16-17,23-25,27,29-30H2,1-9H3,(H,58,71)(H,59,72)(H,60,68)(H,61,70)(H,62,69)(H,76,77,78)/t31-,32-,34+,40-,41-,42-,43-,45+,46+,47-,48-,49-/m0/s1. The molecule has 3 aromatic carbocycles. The number of methoxy groups -OCH3 is 2. The van der Waals surface area contributed by atoms with Crippen molar-refractivity contribution in [3.63, 3.8) is 0 Å². The fourth-order valence-corrected chi connectivity index (χ4v) is 10.1. The van der Waals surface area contributed by atoms with Crippen LogP contribution in [0.25, 0.3) is 0 Å². The normalized spacial score (nSPS) is 23.8. The number of aromatic hydroxyl groups is 2. The number of cyclic esters (lactones) is 1. The van der Waals surface area contributed by atoms with Crippen LogP contribution in [0.2, 0.25) is 0 Å². The van der Waals surface area contributed by atoms with Crippen LogP contribution in [0, 0.1) is 18.8 Å². The first-order chi connectivity index (χ1) is 39.2. The molecule has 0 spiro atoms. The number of likely N-dealkylation sites (N-methyl/N-ethyl adjacent to an activating group) is 1. The third-order valence-corrected chi connectivity index (χ3v) is 15.7. The summed E-state index contributed by atoms with van der Waals surface area (Å²) in [7, 11) is -1.18. The number of nitrogens with zero attached hydrogens (tertiary/aromatic N) is 2. The van der Waals surface area contributed by atoms with E-state index < -0.39 is 137 Å². The quantitative estimate of drug-likeness (QED) is 0.0541. The summed E-state index contributed by atoms with van der Waals surface area (Å²) in [6, 6.07) is 6.62. The average Bonchev–Trinajstić information content (AvgIpc) is 3.38. The molecule has 7 amide bonds. The van der Waals surface area contributed by atoms with E-state index in [4.69, 9.17) is 14.2 Å². The van der Waals surface area contributed by atoms with Crippen molar-refractivity contribution in [1.29, 1.82) is 0 Å². The maximum absolute atomic E-state index is 15.2. The second-order valence-electron chi connectivity index (χ2n) is 21.1. The lowest BCUT2D eigenvalue weighted by Gasteiger charge is -2.44. The van der Waals surface area contributed by atoms with Crippen molar-refractivity contribution in [2.45, 2.75) is 160 Å². The number of fused-ring (bicyclic) bond motifs is 2. The van der Waals surface area contributed by atoms with Crippen molar-refractivity contribution in [1.82, 2.24) is 36.4 Å². The van der Waals surface area contributed by atoms with Gasteiger partial charge in [0.2, 0.25) is 35.4 Å². The summed E-state index contributed by atoms with van der Waals surface area (Å²) in [6.45, 7) is 8.79. The number of aryl methyl sites for hydroxylation is 3. The van der Waals surface area contributed by atoms with Crippen molar-refractivity contribution < 1.29 is 85.0 Å². The zero-order valence-electron chi connectivity index (χ0n) is 48.2. The Bertz CT molecular complexity index is 2880. The van der Waals surface area contributed by atoms with Crippen LogP contribution in [-0.2, 0) is 81.7 Å². The van der Waals surface area contributed by atoms with E-state index in [9.17, 15) is 57.1 Å². The van der Waals surface area contributed by atoms with Gasteiger partial charge in [-0.3, -0.25) is 38.1 Å². The maximum atomic E-state index is 15.2. The number of hydrogen-bond acceptors (Lipinski definition) is 17. The third-order valence-electron chi connectivity index (χ3n) is 15.3. The molecule has 2 aliphatic rings. The van der Waals surface area contributed by atoms with Crippen molar-refractivity contribution in [3.8, 4) is 17.2 Å². The minimum atomic E-state index is -5.06. The summed E-state index contributed by atoms with van der Waals surface area (Å²) >= 11 is 0. The van der Waals surface area contributed by atoms with Crippen LogP contribution in [0.15, 0.2) is 66.7 Å². The van der Waals surface area contributed by atoms with E-state index >= 15 is 9.59 Å². The molecule has 0 radical (unpaired) electrons. The van der Waals surface area contributed by atoms with Crippen LogP contribution in [0.3, 0.4) is 0 Å². The van der Waals surface area contributed by atoms with Crippen LogP contribution in [0.5, 0.6) is 17.2 Å². The van der Waals surface area contributed by atoms with Crippen molar-refractivity contribution >= 4 is 57.7 Å². The zero-order chi connectivity index (χ0) is 61.5. The lowest BCUT2D eigenvalue weighted by Crippen LogP contribution is -2.66. The Morgan fingerprint density at radius 2 is 1.45 bits per heavy atom. The summed E-state index contributed by atoms with van der Waals surface area (Å²) in [5, 5.41) is 45.1. The van der Waals surface area contributed by atoms with Gasteiger partial charge in [-0.25, -0.2) is 8.98 Å². The maximum Gasteiger partial charge on any atom is 0.397 e. The van der Waals surface area contributed by atoms with Crippen LogP contribution in [-0.4, -0.2) is 174 Å². The van der Waals surface area contributed by atoms with E-state index in [1.54, 1.807) is 83.1 Å². The predicted molar refractivity (Wildman–Crippen MR) is 299 cm³/mol. The van der Waals surface area contributed by atoms with E-state index in [2.05, 4.69) is 30.8 Å². The van der Waals surface area contributed by atoms with Gasteiger partial charge in [-0.15, -0.1) is 0 Å². The fraction of sp³-hybridized carbons (Fsp3) is 0.544. The molecule has 83 heavy (non-hydrogen) atoms. The highest BCUT2D eigenvalue weighted by molar-refractivity contribution is 7.80. The minimum absolute atomic E-state index is 0.00128. The number of phenolic OH excluding ortho intramolecular Hbond substituents is 2. The van der Waals surface area contributed by atoms with E-state index in [0.717, 1.165) is 16.9 Å². The van der Waals surface area contributed by atoms with Crippen molar-refractivity contribution in [3.05, 3.63) is 89.0 Å². The summed E-state index contributed by atoms with van der Waals surface area (Å²) in [5.41, 5.74) is 2.27. The third kappa shape index (κ3) is 18.3. The average molecular weight is 1180 g/mol. The number of carbonyl (C=O) groups excluding carboxylic acids is 8. The molecule has 5 rings (SSSR count). The molecule has 0 saturated carbocycles. The second-order valence-corrected chi connectivity index (χ2v) is 22.2. The van der Waals surface area contributed by atoms with Gasteiger partial charge in [-0.05, 0) is 117 Å². The number of carbonyl (C=O) groups is 8. The Kier molecular flexibility index (Phi) is 24.2. The summed E-state index contributed by atoms with van der Waals surface area (Å²) < 4.78 is 53.0. The molecular formula is C57H79N7O18S. The van der Waals surface area contributed by atoms with Crippen LogP contribution < -0.4 is 31.3 Å². The SMILES string of the molecule is CC[C@H](C)[C@@H]1NC(=O)[C@H](Cc2ccc(OC)cc2)N(C)C(=O)[C@H]([C@@H](C)CC)N2C(=O)[C@H](CC[C@H]2O)NC(=O)[C@H](CCc2ccc(O)c(C)c2)NC(=O)[C@@H](NC(=O)[C@H](CCc2ccc(O)cc2)NC(=O)[C@@H](COS(=O)(=O)O)OC)[C@@H](C)OC1=O. The lowest BCUT2D eigenvalue weighted by atomic mass is 9.91. The molecule has 12 atom stereocenters. The summed E-state index contributed by atoms with van der Waals surface area (Å²) in [6.07, 6.45) is -4.91. The van der Waals surface area contributed by atoms with E-state index in [-0.39, 0.29) is 62.9 Å². The molecule has 2 aliphatic heterocycles. The topological polar surface area (TPSA) is 355 Å². The van der Waals surface area contributed by atoms with Crippen molar-refractivity contribution in [2.75, 3.05) is 27.9 Å². The fourth-order valence-electron chi connectivity index (χ4n) is 9.76. The highest BCUT2D eigenvalue weighted by atomic mass is 32.3. The van der Waals surface area contributed by atoms with Gasteiger partial charge in [0.1, 0.15) is 78.5 Å². The molecule has 0 aliphatic carbocycles. The number of aliphatic hydroxyl groups is 1. The first-order valence-electron chi connectivity index (χ1n) is 27.5. The van der Waals surface area contributed by atoms with Gasteiger partial charge in [0.15, 0.2) is 6.10 Å². The molecule has 456 valence electrons. The van der Waals surface area contributed by atoms with Gasteiger partial charge < -0.3 is 65.9 Å². The molecule has 2 saturated heterocycles. The molecular weight excluding hydrogens is 1100 g/mol. The predicted octanol–water partition coefficient (Wildman–Crippen LogP) is 1.66. The van der Waals surface area contributed by atoms with Gasteiger partial charge >= 0.3 is 16.4 Å². The number of benzene rings is 3. The number of esters is 1. The molecule has 2 bridgehead atoms. The molecule has 0 aromatic heterocycles. The highest BCUT2D eigenvalue weighted by Crippen LogP contribution is 2.29. The summed E-state index contributed by atoms with van der Waals surface area (Å²) in [4.78, 5) is 120. The number of aliphatic hydroxyl groups excluding tert-OH is 1. The van der Waals surface area contributed by atoms with Gasteiger partial charge in [0, 0.05) is 20.6 Å². The van der Waals surface area contributed by atoms with Crippen LogP contribution in [0.1, 0.15) is 95.4 Å². The number of nitrogens with one attached hydrogen (secondary N) is 5. The van der Waals surface area contributed by atoms with Crippen LogP contribution >= 0.6 is 0 Å². The molecule has 9 N–H and O–H groups in total. The van der Waals surface area contributed by atoms with E-state index in [1.165, 1.54) is 39.3 Å². The van der Waals surface area contributed by atoms with Crippen LogP contribution in [0.4, 0.5) is 0 Å². The van der Waals surface area contributed by atoms with Crippen molar-refractivity contribution in [2.24, 2.45) is 11.8 Å². The lowest BCUT2D eigenvalue weighted by molar-refractivity contribution is -0.168. The highest BCUT2D eigenvalue weighted by Gasteiger charge is 2.47. The Balaban J connectivity index is 1.66. The van der Waals surface area contributed by atoms with Gasteiger partial charge in [-0.2, -0.15) is 8.42 Å². The second kappa shape index (κ2) is 30.2. The van der Waals surface area contributed by atoms with Gasteiger partial charge in [0.05, 0.1) is 7.11 Å². The number of phenols is 2. The van der Waals surface area contributed by atoms with Gasteiger partial charge in [0.25, 0.3) is 5.91 Å². The molecule has 0 unspecified atom stereocenters. The Labute approximate surface area is 483 Å². The smallest absolute Gasteiger partial charge is 0.397 e. The number of piperidine rings is 1. The van der Waals surface area contributed by atoms with E-state index in [1.807, 2.05) is 0 Å². The minimum Gasteiger partial charge on any atom is -0.508 e. The number of rotatable bonds is 21. The Morgan fingerprint density at radius 3 is 2.05 bits per heavy atom. The Morgan fingerprint density at radius 1 is 0.807 bits per heavy atom. The first kappa shape index (κ1) is 66.4. The molecule has 2 fully saturated rings. The summed E-state index contributed by atoms with van der Waals surface area (Å²) in [5.74, 6) is -8.51.